The SMILES string of the molecule is CNC(=O)Nc1ccc(-c2nc(N3CCOCC3)c3nc(-c4cccc(NS(=O)(=O)CCCF)c4F)ccc3n2)cc1. The number of urea groups is 1. The van der Waals surface area contributed by atoms with Crippen LogP contribution in [-0.2, 0) is 14.8 Å². The molecule has 0 aliphatic carbocycles. The predicted octanol–water partition coefficient (Wildman–Crippen LogP) is 4.19. The van der Waals surface area contributed by atoms with Crippen molar-refractivity contribution in [1.29, 1.82) is 0 Å². The second-order valence-electron chi connectivity index (χ2n) is 9.45. The molecule has 11 nitrogen and oxygen atoms in total. The molecule has 0 radical (unpaired) electrons. The Bertz CT molecular complexity index is 1700. The summed E-state index contributed by atoms with van der Waals surface area (Å²) in [6.45, 7) is 1.34. The fourth-order valence-electron chi connectivity index (χ4n) is 4.44. The number of hydrogen-bond acceptors (Lipinski definition) is 8. The van der Waals surface area contributed by atoms with Crippen LogP contribution in [0.1, 0.15) is 6.42 Å². The molecule has 0 bridgehead atoms. The molecule has 2 aromatic carbocycles. The zero-order valence-corrected chi connectivity index (χ0v) is 23.5. The second kappa shape index (κ2) is 12.6. The minimum atomic E-state index is -3.93. The maximum atomic E-state index is 15.6. The minimum Gasteiger partial charge on any atom is -0.378 e. The number of amides is 2. The zero-order chi connectivity index (χ0) is 29.7. The van der Waals surface area contributed by atoms with Crippen molar-refractivity contribution in [2.24, 2.45) is 0 Å². The number of fused-ring (bicyclic) bond motifs is 1. The normalized spacial score (nSPS) is 13.6. The van der Waals surface area contributed by atoms with E-state index in [1.54, 1.807) is 36.4 Å². The van der Waals surface area contributed by atoms with Gasteiger partial charge in [-0.25, -0.2) is 32.6 Å². The Labute approximate surface area is 241 Å². The van der Waals surface area contributed by atoms with Crippen LogP contribution < -0.4 is 20.3 Å². The lowest BCUT2D eigenvalue weighted by atomic mass is 10.1. The molecular formula is C28H29F2N7O4S. The van der Waals surface area contributed by atoms with Gasteiger partial charge in [-0.3, -0.25) is 9.11 Å². The molecule has 42 heavy (non-hydrogen) atoms. The van der Waals surface area contributed by atoms with E-state index in [9.17, 15) is 17.6 Å². The van der Waals surface area contributed by atoms with E-state index in [4.69, 9.17) is 19.7 Å². The van der Waals surface area contributed by atoms with Crippen LogP contribution in [0.2, 0.25) is 0 Å². The molecule has 1 fully saturated rings. The van der Waals surface area contributed by atoms with E-state index in [1.165, 1.54) is 25.2 Å². The quantitative estimate of drug-likeness (QED) is 0.261. The molecule has 0 unspecified atom stereocenters. The lowest BCUT2D eigenvalue weighted by Crippen LogP contribution is -2.37. The number of sulfonamides is 1. The highest BCUT2D eigenvalue weighted by molar-refractivity contribution is 7.92. The highest BCUT2D eigenvalue weighted by Crippen LogP contribution is 2.32. The number of morpholine rings is 1. The van der Waals surface area contributed by atoms with E-state index < -0.39 is 28.3 Å². The number of benzene rings is 2. The molecular weight excluding hydrogens is 568 g/mol. The van der Waals surface area contributed by atoms with Crippen LogP contribution in [0, 0.1) is 5.82 Å². The molecule has 0 atom stereocenters. The van der Waals surface area contributed by atoms with E-state index in [0.717, 1.165) is 5.56 Å². The van der Waals surface area contributed by atoms with Gasteiger partial charge in [0.15, 0.2) is 17.5 Å². The van der Waals surface area contributed by atoms with Gasteiger partial charge in [-0.15, -0.1) is 0 Å². The Balaban J connectivity index is 1.55. The molecule has 0 saturated carbocycles. The van der Waals surface area contributed by atoms with Crippen LogP contribution >= 0.6 is 0 Å². The van der Waals surface area contributed by atoms with Gasteiger partial charge in [0.25, 0.3) is 0 Å². The number of hydrogen-bond donors (Lipinski definition) is 3. The Morgan fingerprint density at radius 1 is 1.02 bits per heavy atom. The fraction of sp³-hybridized carbons (Fsp3) is 0.286. The van der Waals surface area contributed by atoms with Gasteiger partial charge in [-0.1, -0.05) is 6.07 Å². The van der Waals surface area contributed by atoms with Gasteiger partial charge in [-0.2, -0.15) is 0 Å². The smallest absolute Gasteiger partial charge is 0.318 e. The largest absolute Gasteiger partial charge is 0.378 e. The molecule has 220 valence electrons. The van der Waals surface area contributed by atoms with Gasteiger partial charge in [0.2, 0.25) is 10.0 Å². The van der Waals surface area contributed by atoms with Crippen molar-refractivity contribution in [3.8, 4) is 22.6 Å². The zero-order valence-electron chi connectivity index (χ0n) is 22.7. The van der Waals surface area contributed by atoms with Gasteiger partial charge in [0, 0.05) is 37.0 Å². The van der Waals surface area contributed by atoms with Crippen LogP contribution in [0.3, 0.4) is 0 Å². The number of ether oxygens (including phenoxy) is 1. The standard InChI is InChI=1S/C28H29F2N7O4S/c1-31-28(38)32-19-8-6-18(7-9-19)26-34-23-11-10-21(33-25(23)27(35-26)37-13-15-41-16-14-37)20-4-2-5-22(24(20)30)36-42(39,40)17-3-12-29/h2,4-11,36H,3,12-17H2,1H3,(H2,31,32,38). The Morgan fingerprint density at radius 2 is 1.79 bits per heavy atom. The summed E-state index contributed by atoms with van der Waals surface area (Å²) in [4.78, 5) is 27.9. The van der Waals surface area contributed by atoms with Crippen LogP contribution in [0.4, 0.5) is 30.8 Å². The molecule has 2 aromatic heterocycles. The van der Waals surface area contributed by atoms with Crippen molar-refractivity contribution in [3.63, 3.8) is 0 Å². The summed E-state index contributed by atoms with van der Waals surface area (Å²) in [5, 5.41) is 5.21. The fourth-order valence-corrected chi connectivity index (χ4v) is 5.53. The Hall–Kier alpha value is -4.43. The third-order valence-corrected chi connectivity index (χ3v) is 7.91. The lowest BCUT2D eigenvalue weighted by Gasteiger charge is -2.28. The first-order valence-electron chi connectivity index (χ1n) is 13.2. The minimum absolute atomic E-state index is 0.0822. The van der Waals surface area contributed by atoms with Crippen molar-refractivity contribution >= 4 is 44.3 Å². The van der Waals surface area contributed by atoms with E-state index >= 15 is 4.39 Å². The highest BCUT2D eigenvalue weighted by atomic mass is 32.2. The molecule has 2 amide bonds. The van der Waals surface area contributed by atoms with Crippen molar-refractivity contribution in [2.45, 2.75) is 6.42 Å². The maximum absolute atomic E-state index is 15.6. The predicted molar refractivity (Wildman–Crippen MR) is 157 cm³/mol. The van der Waals surface area contributed by atoms with Gasteiger partial charge in [-0.05, 0) is 55.0 Å². The number of aromatic nitrogens is 3. The van der Waals surface area contributed by atoms with E-state index in [0.29, 0.717) is 54.7 Å². The third kappa shape index (κ3) is 6.55. The number of carbonyl (C=O) groups is 1. The number of nitrogens with zero attached hydrogens (tertiary/aromatic N) is 4. The molecule has 5 rings (SSSR count). The average Bonchev–Trinajstić information content (AvgIpc) is 3.01. The average molecular weight is 598 g/mol. The number of nitrogens with one attached hydrogen (secondary N) is 3. The van der Waals surface area contributed by atoms with E-state index in [1.807, 2.05) is 4.90 Å². The highest BCUT2D eigenvalue weighted by Gasteiger charge is 2.22. The van der Waals surface area contributed by atoms with Crippen molar-refractivity contribution in [2.75, 3.05) is 60.7 Å². The van der Waals surface area contributed by atoms with Crippen LogP contribution in [0.25, 0.3) is 33.7 Å². The monoisotopic (exact) mass is 597 g/mol. The van der Waals surface area contributed by atoms with E-state index in [2.05, 4.69) is 15.4 Å². The van der Waals surface area contributed by atoms with Crippen molar-refractivity contribution in [1.82, 2.24) is 20.3 Å². The number of anilines is 3. The first-order valence-corrected chi connectivity index (χ1v) is 14.9. The number of alkyl halides is 1. The van der Waals surface area contributed by atoms with Gasteiger partial charge >= 0.3 is 6.03 Å². The summed E-state index contributed by atoms with van der Waals surface area (Å²) in [6.07, 6.45) is -0.188. The molecule has 3 N–H and O–H groups in total. The van der Waals surface area contributed by atoms with Crippen LogP contribution in [0.5, 0.6) is 0 Å². The molecule has 14 heteroatoms. The summed E-state index contributed by atoms with van der Waals surface area (Å²) in [5.41, 5.74) is 2.40. The number of pyridine rings is 1. The molecule has 4 aromatic rings. The second-order valence-corrected chi connectivity index (χ2v) is 11.3. The Morgan fingerprint density at radius 3 is 2.50 bits per heavy atom. The first kappa shape index (κ1) is 29.1. The van der Waals surface area contributed by atoms with Crippen LogP contribution in [-0.4, -0.2) is 75.2 Å². The summed E-state index contributed by atoms with van der Waals surface area (Å²) < 4.78 is 60.3. The number of rotatable bonds is 9. The van der Waals surface area contributed by atoms with Crippen LogP contribution in [0.15, 0.2) is 54.6 Å². The van der Waals surface area contributed by atoms with Crippen molar-refractivity contribution in [3.05, 3.63) is 60.4 Å². The lowest BCUT2D eigenvalue weighted by molar-refractivity contribution is 0.122. The van der Waals surface area contributed by atoms with Crippen molar-refractivity contribution < 1.29 is 26.7 Å². The summed E-state index contributed by atoms with van der Waals surface area (Å²) in [5.74, 6) is -0.265. The van der Waals surface area contributed by atoms with Gasteiger partial charge < -0.3 is 20.3 Å². The summed E-state index contributed by atoms with van der Waals surface area (Å²) in [6, 6.07) is 14.4. The molecule has 0 spiro atoms. The third-order valence-electron chi connectivity index (χ3n) is 6.55. The summed E-state index contributed by atoms with van der Waals surface area (Å²) >= 11 is 0. The van der Waals surface area contributed by atoms with Gasteiger partial charge in [0.1, 0.15) is 5.52 Å². The molecule has 1 aliphatic rings. The topological polar surface area (TPSA) is 138 Å². The van der Waals surface area contributed by atoms with Gasteiger partial charge in [0.05, 0.1) is 42.5 Å². The molecule has 1 saturated heterocycles. The first-order chi connectivity index (χ1) is 20.3. The molecule has 3 heterocycles. The molecule has 1 aliphatic heterocycles. The Kier molecular flexibility index (Phi) is 8.73. The number of halogens is 2. The maximum Gasteiger partial charge on any atom is 0.318 e. The van der Waals surface area contributed by atoms with E-state index in [-0.39, 0.29) is 29.4 Å². The number of carbonyl (C=O) groups excluding carboxylic acids is 1. The summed E-state index contributed by atoms with van der Waals surface area (Å²) in [7, 11) is -2.40.